The molecule has 0 bridgehead atoms. The van der Waals surface area contributed by atoms with Crippen LogP contribution in [-0.2, 0) is 13.1 Å². The standard InChI is InChI=1S/C25H21NO5/c1-26(13-16-5-3-2-4-6-16)14-19-20(27)9-8-18-24(28)23(31-25(18)19)12-17-7-10-21-22(11-17)30-15-29-21/h2-12,27H,13-15H2,1H3/p+1. The third kappa shape index (κ3) is 3.73. The van der Waals surface area contributed by atoms with Gasteiger partial charge in [-0.25, -0.2) is 0 Å². The maximum Gasteiger partial charge on any atom is 0.231 e. The number of Topliss-reactive ketones (excluding diaryl/α,β-unsaturated/α-hetero) is 1. The van der Waals surface area contributed by atoms with Gasteiger partial charge in [0.2, 0.25) is 12.6 Å². The van der Waals surface area contributed by atoms with E-state index in [2.05, 4.69) is 12.1 Å². The van der Waals surface area contributed by atoms with Crippen molar-refractivity contribution >= 4 is 11.9 Å². The quantitative estimate of drug-likeness (QED) is 0.626. The van der Waals surface area contributed by atoms with Gasteiger partial charge in [-0.15, -0.1) is 0 Å². The van der Waals surface area contributed by atoms with Gasteiger partial charge >= 0.3 is 0 Å². The van der Waals surface area contributed by atoms with E-state index in [1.54, 1.807) is 24.3 Å². The fraction of sp³-hybridized carbons (Fsp3) is 0.160. The van der Waals surface area contributed by atoms with Gasteiger partial charge < -0.3 is 24.2 Å². The van der Waals surface area contributed by atoms with E-state index in [1.165, 1.54) is 10.5 Å². The van der Waals surface area contributed by atoms with Crippen LogP contribution in [0.15, 0.2) is 66.4 Å². The molecule has 0 fully saturated rings. The number of phenols is 1. The average Bonchev–Trinajstić information content (AvgIpc) is 3.35. The minimum atomic E-state index is -0.199. The number of quaternary nitrogens is 1. The number of fused-ring (bicyclic) bond motifs is 2. The fourth-order valence-electron chi connectivity index (χ4n) is 3.93. The Hall–Kier alpha value is -3.77. The molecular weight excluding hydrogens is 394 g/mol. The van der Waals surface area contributed by atoms with E-state index in [-0.39, 0.29) is 24.1 Å². The fourth-order valence-corrected chi connectivity index (χ4v) is 3.93. The molecule has 0 aromatic heterocycles. The molecule has 3 aromatic carbocycles. The lowest BCUT2D eigenvalue weighted by atomic mass is 10.0. The van der Waals surface area contributed by atoms with Crippen LogP contribution < -0.4 is 19.1 Å². The van der Waals surface area contributed by atoms with Gasteiger partial charge in [-0.05, 0) is 35.9 Å². The summed E-state index contributed by atoms with van der Waals surface area (Å²) in [6.07, 6.45) is 1.69. The van der Waals surface area contributed by atoms with Crippen molar-refractivity contribution in [2.75, 3.05) is 13.8 Å². The van der Waals surface area contributed by atoms with E-state index in [9.17, 15) is 9.90 Å². The lowest BCUT2D eigenvalue weighted by Crippen LogP contribution is -3.06. The summed E-state index contributed by atoms with van der Waals surface area (Å²) in [4.78, 5) is 14.1. The van der Waals surface area contributed by atoms with Gasteiger partial charge in [0, 0.05) is 5.56 Å². The Morgan fingerprint density at radius 2 is 1.81 bits per heavy atom. The van der Waals surface area contributed by atoms with Gasteiger partial charge in [0.05, 0.1) is 18.2 Å². The van der Waals surface area contributed by atoms with Crippen LogP contribution in [0.2, 0.25) is 0 Å². The second-order valence-electron chi connectivity index (χ2n) is 7.79. The molecule has 0 radical (unpaired) electrons. The molecule has 6 heteroatoms. The highest BCUT2D eigenvalue weighted by molar-refractivity contribution is 6.15. The third-order valence-electron chi connectivity index (χ3n) is 5.44. The number of hydrogen-bond donors (Lipinski definition) is 2. The highest BCUT2D eigenvalue weighted by atomic mass is 16.7. The summed E-state index contributed by atoms with van der Waals surface area (Å²) >= 11 is 0. The number of nitrogens with one attached hydrogen (secondary N) is 1. The number of ketones is 1. The number of carbonyl (C=O) groups is 1. The van der Waals surface area contributed by atoms with Crippen LogP contribution in [0.3, 0.4) is 0 Å². The van der Waals surface area contributed by atoms with Crippen LogP contribution in [0.1, 0.15) is 27.0 Å². The molecule has 1 atom stereocenters. The molecule has 2 heterocycles. The van der Waals surface area contributed by atoms with E-state index in [1.807, 2.05) is 37.4 Å². The zero-order valence-corrected chi connectivity index (χ0v) is 17.1. The highest BCUT2D eigenvalue weighted by Gasteiger charge is 2.32. The monoisotopic (exact) mass is 416 g/mol. The van der Waals surface area contributed by atoms with Crippen molar-refractivity contribution in [1.82, 2.24) is 0 Å². The minimum absolute atomic E-state index is 0.128. The van der Waals surface area contributed by atoms with Crippen LogP contribution in [0.25, 0.3) is 6.08 Å². The topological polar surface area (TPSA) is 69.4 Å². The van der Waals surface area contributed by atoms with Crippen molar-refractivity contribution in [3.8, 4) is 23.0 Å². The number of allylic oxidation sites excluding steroid dienone is 1. The van der Waals surface area contributed by atoms with Crippen molar-refractivity contribution < 1.29 is 29.0 Å². The molecule has 5 rings (SSSR count). The highest BCUT2D eigenvalue weighted by Crippen LogP contribution is 2.40. The van der Waals surface area contributed by atoms with Gasteiger partial charge in [-0.1, -0.05) is 36.4 Å². The number of carbonyl (C=O) groups excluding carboxylic acids is 1. The molecule has 31 heavy (non-hydrogen) atoms. The number of ether oxygens (including phenoxy) is 3. The summed E-state index contributed by atoms with van der Waals surface area (Å²) in [7, 11) is 2.05. The summed E-state index contributed by atoms with van der Waals surface area (Å²) < 4.78 is 16.7. The van der Waals surface area contributed by atoms with Crippen LogP contribution in [0, 0.1) is 0 Å². The molecule has 0 spiro atoms. The third-order valence-corrected chi connectivity index (χ3v) is 5.44. The number of phenolic OH excluding ortho intramolecular Hbond substituents is 1. The number of benzene rings is 3. The second-order valence-corrected chi connectivity index (χ2v) is 7.79. The Labute approximate surface area is 179 Å². The van der Waals surface area contributed by atoms with E-state index in [4.69, 9.17) is 14.2 Å². The lowest BCUT2D eigenvalue weighted by Gasteiger charge is -2.16. The number of aromatic hydroxyl groups is 1. The zero-order chi connectivity index (χ0) is 21.4. The Kier molecular flexibility index (Phi) is 4.84. The maximum absolute atomic E-state index is 12.9. The molecule has 0 saturated heterocycles. The summed E-state index contributed by atoms with van der Waals surface area (Å²) in [6.45, 7) is 1.50. The smallest absolute Gasteiger partial charge is 0.231 e. The van der Waals surface area contributed by atoms with Crippen LogP contribution >= 0.6 is 0 Å². The Morgan fingerprint density at radius 1 is 1.00 bits per heavy atom. The first kappa shape index (κ1) is 19.2. The van der Waals surface area contributed by atoms with E-state index in [0.29, 0.717) is 34.9 Å². The Morgan fingerprint density at radius 3 is 2.65 bits per heavy atom. The van der Waals surface area contributed by atoms with Crippen molar-refractivity contribution in [3.05, 3.63) is 88.7 Å². The second kappa shape index (κ2) is 7.81. The molecule has 2 N–H and O–H groups in total. The predicted molar refractivity (Wildman–Crippen MR) is 114 cm³/mol. The van der Waals surface area contributed by atoms with Crippen molar-refractivity contribution in [1.29, 1.82) is 0 Å². The summed E-state index contributed by atoms with van der Waals surface area (Å²) in [5.41, 5.74) is 3.08. The van der Waals surface area contributed by atoms with Crippen LogP contribution in [0.4, 0.5) is 0 Å². The summed E-state index contributed by atoms with van der Waals surface area (Å²) in [5, 5.41) is 10.5. The molecule has 0 aliphatic carbocycles. The summed E-state index contributed by atoms with van der Waals surface area (Å²) in [5.74, 6) is 1.91. The first-order chi connectivity index (χ1) is 15.1. The molecular formula is C25H22NO5+. The maximum atomic E-state index is 12.9. The van der Waals surface area contributed by atoms with Gasteiger partial charge in [0.25, 0.3) is 0 Å². The van der Waals surface area contributed by atoms with E-state index >= 15 is 0 Å². The molecule has 156 valence electrons. The largest absolute Gasteiger partial charge is 0.507 e. The van der Waals surface area contributed by atoms with Gasteiger partial charge in [-0.2, -0.15) is 0 Å². The van der Waals surface area contributed by atoms with Crippen LogP contribution in [0.5, 0.6) is 23.0 Å². The molecule has 6 nitrogen and oxygen atoms in total. The van der Waals surface area contributed by atoms with Gasteiger partial charge in [0.1, 0.15) is 18.8 Å². The normalized spacial score (nSPS) is 16.3. The molecule has 3 aromatic rings. The number of hydrogen-bond acceptors (Lipinski definition) is 5. The Bertz CT molecular complexity index is 1190. The van der Waals surface area contributed by atoms with E-state index in [0.717, 1.165) is 12.1 Å². The van der Waals surface area contributed by atoms with Gasteiger partial charge in [-0.3, -0.25) is 4.79 Å². The lowest BCUT2D eigenvalue weighted by molar-refractivity contribution is -0.907. The first-order valence-electron chi connectivity index (χ1n) is 10.1. The zero-order valence-electron chi connectivity index (χ0n) is 17.1. The molecule has 0 saturated carbocycles. The molecule has 2 aliphatic rings. The SMILES string of the molecule is C[NH+](Cc1ccccc1)Cc1c(O)ccc2c1OC(=Cc1ccc3c(c1)OCO3)C2=O. The van der Waals surface area contributed by atoms with Crippen molar-refractivity contribution in [2.45, 2.75) is 13.1 Å². The van der Waals surface area contributed by atoms with Gasteiger partial charge in [0.15, 0.2) is 23.0 Å². The first-order valence-corrected chi connectivity index (χ1v) is 10.1. The average molecular weight is 416 g/mol. The van der Waals surface area contributed by atoms with Crippen molar-refractivity contribution in [2.24, 2.45) is 0 Å². The van der Waals surface area contributed by atoms with Crippen LogP contribution in [-0.4, -0.2) is 24.7 Å². The molecule has 2 aliphatic heterocycles. The molecule has 0 amide bonds. The molecule has 1 unspecified atom stereocenters. The Balaban J connectivity index is 1.41. The van der Waals surface area contributed by atoms with Crippen molar-refractivity contribution in [3.63, 3.8) is 0 Å². The predicted octanol–water partition coefficient (Wildman–Crippen LogP) is 2.95. The summed E-state index contributed by atoms with van der Waals surface area (Å²) in [6, 6.07) is 18.8. The minimum Gasteiger partial charge on any atom is -0.507 e. The number of rotatable bonds is 5. The van der Waals surface area contributed by atoms with E-state index < -0.39 is 0 Å².